The minimum absolute atomic E-state index is 0.00669. The maximum absolute atomic E-state index is 4.21. The number of hydrogen-bond donors (Lipinski definition) is 0. The van der Waals surface area contributed by atoms with E-state index in [-0.39, 0.29) is 7.92 Å². The summed E-state index contributed by atoms with van der Waals surface area (Å²) in [5.74, 6) is 0. The van der Waals surface area contributed by atoms with Crippen molar-refractivity contribution in [1.29, 1.82) is 0 Å². The molecule has 0 saturated heterocycles. The molecular weight excluding hydrogens is 155 g/mol. The van der Waals surface area contributed by atoms with Crippen molar-refractivity contribution in [2.75, 3.05) is 13.3 Å². The summed E-state index contributed by atoms with van der Waals surface area (Å²) in [6, 6.07) is 0. The van der Waals surface area contributed by atoms with Gasteiger partial charge in [-0.2, -0.15) is 0 Å². The third-order valence-corrected chi connectivity index (χ3v) is 2.30. The van der Waals surface area contributed by atoms with Crippen LogP contribution in [0.15, 0.2) is 12.5 Å². The Balaban J connectivity index is 0.000000461. The average Bonchev–Trinajstić information content (AvgIpc) is 2.40. The van der Waals surface area contributed by atoms with Crippen molar-refractivity contribution in [3.8, 4) is 0 Å². The van der Waals surface area contributed by atoms with Gasteiger partial charge in [0.05, 0.1) is 11.8 Å². The molecule has 11 heavy (non-hydrogen) atoms. The van der Waals surface area contributed by atoms with Gasteiger partial charge in [0.2, 0.25) is 0 Å². The average molecular weight is 172 g/mol. The van der Waals surface area contributed by atoms with Crippen molar-refractivity contribution < 1.29 is 0 Å². The summed E-state index contributed by atoms with van der Waals surface area (Å²) in [6.45, 7) is 8.41. The SMILES string of the molecule is CC.Cn1cnc(P(C)C)c1. The highest BCUT2D eigenvalue weighted by Crippen LogP contribution is 2.20. The molecule has 0 aliphatic carbocycles. The second-order valence-electron chi connectivity index (χ2n) is 2.29. The molecule has 1 aromatic heterocycles. The lowest BCUT2D eigenvalue weighted by atomic mass is 10.9. The van der Waals surface area contributed by atoms with Crippen LogP contribution < -0.4 is 5.44 Å². The van der Waals surface area contributed by atoms with E-state index in [9.17, 15) is 0 Å². The summed E-state index contributed by atoms with van der Waals surface area (Å²) in [7, 11) is 1.99. The fourth-order valence-corrected chi connectivity index (χ4v) is 1.33. The number of hydrogen-bond acceptors (Lipinski definition) is 1. The first-order chi connectivity index (χ1) is 5.20. The lowest BCUT2D eigenvalue weighted by Gasteiger charge is -1.96. The molecule has 1 rings (SSSR count). The van der Waals surface area contributed by atoms with Crippen LogP contribution in [0, 0.1) is 0 Å². The van der Waals surface area contributed by atoms with Crippen LogP contribution in [0.5, 0.6) is 0 Å². The normalized spacial score (nSPS) is 9.27. The zero-order valence-electron chi connectivity index (χ0n) is 8.00. The Bertz CT molecular complexity index is 194. The zero-order valence-corrected chi connectivity index (χ0v) is 8.89. The largest absolute Gasteiger partial charge is 0.340 e. The Morgan fingerprint density at radius 2 is 1.91 bits per heavy atom. The molecule has 2 nitrogen and oxygen atoms in total. The lowest BCUT2D eigenvalue weighted by molar-refractivity contribution is 0.914. The first kappa shape index (κ1) is 10.6. The van der Waals surface area contributed by atoms with E-state index in [2.05, 4.69) is 24.5 Å². The standard InChI is InChI=1S/C6H11N2P.C2H6/c1-8-4-6(7-5-8)9(2)3;1-2/h4-5H,1-3H3;1-2H3. The third-order valence-electron chi connectivity index (χ3n) is 1.15. The van der Waals surface area contributed by atoms with E-state index in [1.165, 1.54) is 5.44 Å². The van der Waals surface area contributed by atoms with Crippen LogP contribution in [-0.2, 0) is 7.05 Å². The molecule has 0 radical (unpaired) electrons. The topological polar surface area (TPSA) is 17.8 Å². The summed E-state index contributed by atoms with van der Waals surface area (Å²) < 4.78 is 1.98. The maximum atomic E-state index is 4.21. The molecule has 0 N–H and O–H groups in total. The van der Waals surface area contributed by atoms with Crippen molar-refractivity contribution in [3.05, 3.63) is 12.5 Å². The van der Waals surface area contributed by atoms with Crippen LogP contribution >= 0.6 is 7.92 Å². The summed E-state index contributed by atoms with van der Waals surface area (Å²) in [6.07, 6.45) is 3.92. The Labute approximate surface area is 70.4 Å². The van der Waals surface area contributed by atoms with Crippen molar-refractivity contribution >= 4 is 13.4 Å². The molecule has 0 aromatic carbocycles. The van der Waals surface area contributed by atoms with Gasteiger partial charge in [-0.1, -0.05) is 21.8 Å². The van der Waals surface area contributed by atoms with E-state index in [1.54, 1.807) is 0 Å². The Morgan fingerprint density at radius 3 is 2.09 bits per heavy atom. The van der Waals surface area contributed by atoms with Crippen molar-refractivity contribution in [2.24, 2.45) is 7.05 Å². The van der Waals surface area contributed by atoms with Crippen LogP contribution in [0.25, 0.3) is 0 Å². The van der Waals surface area contributed by atoms with E-state index in [4.69, 9.17) is 0 Å². The molecule has 0 atom stereocenters. The quantitative estimate of drug-likeness (QED) is 0.591. The molecule has 3 heteroatoms. The van der Waals surface area contributed by atoms with Gasteiger partial charge < -0.3 is 4.57 Å². The summed E-state index contributed by atoms with van der Waals surface area (Å²) in [4.78, 5) is 4.21. The fourth-order valence-electron chi connectivity index (χ4n) is 0.630. The summed E-state index contributed by atoms with van der Waals surface area (Å²) >= 11 is 0. The molecule has 0 aliphatic heterocycles. The number of nitrogens with zero attached hydrogens (tertiary/aromatic N) is 2. The molecule has 64 valence electrons. The third kappa shape index (κ3) is 3.52. The Kier molecular flexibility index (Phi) is 5.14. The highest BCUT2D eigenvalue weighted by Gasteiger charge is 1.98. The minimum Gasteiger partial charge on any atom is -0.340 e. The van der Waals surface area contributed by atoms with Gasteiger partial charge in [0.15, 0.2) is 0 Å². The van der Waals surface area contributed by atoms with Crippen molar-refractivity contribution in [3.63, 3.8) is 0 Å². The van der Waals surface area contributed by atoms with Crippen LogP contribution in [0.1, 0.15) is 13.8 Å². The predicted octanol–water partition coefficient (Wildman–Crippen LogP) is 1.81. The van der Waals surface area contributed by atoms with Gasteiger partial charge in [0.25, 0.3) is 0 Å². The number of rotatable bonds is 1. The number of aryl methyl sites for hydroxylation is 1. The van der Waals surface area contributed by atoms with Gasteiger partial charge in [-0.3, -0.25) is 0 Å². The van der Waals surface area contributed by atoms with Gasteiger partial charge in [0, 0.05) is 13.2 Å². The van der Waals surface area contributed by atoms with E-state index < -0.39 is 0 Å². The van der Waals surface area contributed by atoms with Crippen LogP contribution in [0.4, 0.5) is 0 Å². The van der Waals surface area contributed by atoms with Gasteiger partial charge >= 0.3 is 0 Å². The van der Waals surface area contributed by atoms with Gasteiger partial charge in [-0.15, -0.1) is 0 Å². The molecule has 0 aliphatic rings. The van der Waals surface area contributed by atoms with Crippen molar-refractivity contribution in [2.45, 2.75) is 13.8 Å². The van der Waals surface area contributed by atoms with Gasteiger partial charge in [-0.05, 0) is 13.3 Å². The Morgan fingerprint density at radius 1 is 1.36 bits per heavy atom. The monoisotopic (exact) mass is 172 g/mol. The van der Waals surface area contributed by atoms with Crippen molar-refractivity contribution in [1.82, 2.24) is 9.55 Å². The second kappa shape index (κ2) is 5.31. The maximum Gasteiger partial charge on any atom is 0.0951 e. The molecular formula is C8H17N2P. The molecule has 0 spiro atoms. The number of aromatic nitrogens is 2. The highest BCUT2D eigenvalue weighted by molar-refractivity contribution is 7.63. The molecule has 0 saturated carbocycles. The smallest absolute Gasteiger partial charge is 0.0951 e. The Hall–Kier alpha value is -0.360. The molecule has 0 amide bonds. The molecule has 0 bridgehead atoms. The highest BCUT2D eigenvalue weighted by atomic mass is 31.1. The van der Waals surface area contributed by atoms with Crippen LogP contribution in [0.2, 0.25) is 0 Å². The molecule has 0 fully saturated rings. The summed E-state index contributed by atoms with van der Waals surface area (Å²) in [5.41, 5.74) is 1.23. The molecule has 1 heterocycles. The number of imidazole rings is 1. The van der Waals surface area contributed by atoms with E-state index in [0.717, 1.165) is 0 Å². The molecule has 1 aromatic rings. The second-order valence-corrected chi connectivity index (χ2v) is 4.54. The van der Waals surface area contributed by atoms with E-state index >= 15 is 0 Å². The zero-order chi connectivity index (χ0) is 8.85. The summed E-state index contributed by atoms with van der Waals surface area (Å²) in [5, 5.41) is 0. The van der Waals surface area contributed by atoms with E-state index in [1.807, 2.05) is 31.8 Å². The predicted molar refractivity (Wildman–Crippen MR) is 53.0 cm³/mol. The molecule has 0 unspecified atom stereocenters. The fraction of sp³-hybridized carbons (Fsp3) is 0.625. The van der Waals surface area contributed by atoms with Gasteiger partial charge in [0.1, 0.15) is 0 Å². The van der Waals surface area contributed by atoms with E-state index in [0.29, 0.717) is 0 Å². The van der Waals surface area contributed by atoms with Crippen LogP contribution in [-0.4, -0.2) is 22.9 Å². The van der Waals surface area contributed by atoms with Gasteiger partial charge in [-0.25, -0.2) is 4.98 Å². The lowest BCUT2D eigenvalue weighted by Crippen LogP contribution is -1.97. The first-order valence-corrected chi connectivity index (χ1v) is 6.09. The van der Waals surface area contributed by atoms with Crippen LogP contribution in [0.3, 0.4) is 0 Å². The minimum atomic E-state index is -0.00669. The first-order valence-electron chi connectivity index (χ1n) is 3.85.